The zero-order valence-electron chi connectivity index (χ0n) is 24.9. The molecule has 2 N–H and O–H groups in total. The van der Waals surface area contributed by atoms with Gasteiger partial charge in [0.15, 0.2) is 18.1 Å². The summed E-state index contributed by atoms with van der Waals surface area (Å²) in [5, 5.41) is 0. The number of benzene rings is 2. The summed E-state index contributed by atoms with van der Waals surface area (Å²) in [5.74, 6) is 0.568. The topological polar surface area (TPSA) is 111 Å². The highest BCUT2D eigenvalue weighted by Crippen LogP contribution is 2.31. The second kappa shape index (κ2) is 15.7. The summed E-state index contributed by atoms with van der Waals surface area (Å²) in [7, 11) is 0. The van der Waals surface area contributed by atoms with Crippen molar-refractivity contribution in [3.05, 3.63) is 53.6 Å². The van der Waals surface area contributed by atoms with Crippen molar-refractivity contribution < 1.29 is 28.6 Å². The van der Waals surface area contributed by atoms with Gasteiger partial charge in [0.2, 0.25) is 5.91 Å². The summed E-state index contributed by atoms with van der Waals surface area (Å²) in [6.07, 6.45) is 1.03. The lowest BCUT2D eigenvalue weighted by molar-refractivity contribution is -0.133. The number of hydrogen-bond donors (Lipinski definition) is 1. The monoisotopic (exact) mass is 555 g/mol. The number of primary amides is 1. The van der Waals surface area contributed by atoms with Gasteiger partial charge in [-0.2, -0.15) is 0 Å². The first-order chi connectivity index (χ1) is 19.0. The van der Waals surface area contributed by atoms with E-state index < -0.39 is 5.91 Å². The number of nitrogens with zero attached hydrogens (tertiary/aromatic N) is 2. The largest absolute Gasteiger partial charge is 0.493 e. The molecule has 0 bridgehead atoms. The molecule has 0 saturated heterocycles. The maximum absolute atomic E-state index is 13.4. The van der Waals surface area contributed by atoms with Crippen LogP contribution in [0.5, 0.6) is 17.2 Å². The second-order valence-corrected chi connectivity index (χ2v) is 10.1. The SMILES string of the molecule is CCC(CCOc1cccc(C(N)=O)c1)Oc1ccc(C(=O)N(C(C)C)C(C)C)cc1OCC(=O)N(CC)CC. The lowest BCUT2D eigenvalue weighted by Crippen LogP contribution is -2.42. The summed E-state index contributed by atoms with van der Waals surface area (Å²) in [5.41, 5.74) is 6.20. The first kappa shape index (κ1) is 32.5. The molecule has 2 aromatic carbocycles. The van der Waals surface area contributed by atoms with Crippen LogP contribution >= 0.6 is 0 Å². The number of rotatable bonds is 16. The first-order valence-electron chi connectivity index (χ1n) is 14.1. The Labute approximate surface area is 238 Å². The quantitative estimate of drug-likeness (QED) is 0.315. The third-order valence-corrected chi connectivity index (χ3v) is 6.58. The van der Waals surface area contributed by atoms with E-state index in [0.29, 0.717) is 60.9 Å². The molecule has 2 aromatic rings. The highest BCUT2D eigenvalue weighted by molar-refractivity contribution is 5.95. The van der Waals surface area contributed by atoms with E-state index in [1.54, 1.807) is 52.3 Å². The summed E-state index contributed by atoms with van der Waals surface area (Å²) in [4.78, 5) is 41.0. The molecule has 0 aliphatic heterocycles. The highest BCUT2D eigenvalue weighted by atomic mass is 16.5. The molecule has 0 aromatic heterocycles. The van der Waals surface area contributed by atoms with Gasteiger partial charge in [0.05, 0.1) is 6.61 Å². The van der Waals surface area contributed by atoms with Crippen molar-refractivity contribution in [3.8, 4) is 17.2 Å². The van der Waals surface area contributed by atoms with Crippen LogP contribution in [0.4, 0.5) is 0 Å². The summed E-state index contributed by atoms with van der Waals surface area (Å²) < 4.78 is 18.1. The van der Waals surface area contributed by atoms with Gasteiger partial charge < -0.3 is 29.7 Å². The van der Waals surface area contributed by atoms with Gasteiger partial charge in [-0.25, -0.2) is 0 Å². The maximum atomic E-state index is 13.4. The van der Waals surface area contributed by atoms with E-state index in [0.717, 1.165) is 0 Å². The Morgan fingerprint density at radius 1 is 0.850 bits per heavy atom. The van der Waals surface area contributed by atoms with Crippen LogP contribution in [-0.4, -0.2) is 72.0 Å². The Kier molecular flexibility index (Phi) is 12.8. The van der Waals surface area contributed by atoms with Gasteiger partial charge in [0.1, 0.15) is 11.9 Å². The molecule has 0 saturated carbocycles. The number of ether oxygens (including phenoxy) is 3. The van der Waals surface area contributed by atoms with E-state index in [2.05, 4.69) is 0 Å². The minimum absolute atomic E-state index is 0.0187. The fourth-order valence-corrected chi connectivity index (χ4v) is 4.45. The van der Waals surface area contributed by atoms with Crippen molar-refractivity contribution in [2.45, 2.75) is 79.5 Å². The molecule has 1 atom stereocenters. The zero-order chi connectivity index (χ0) is 29.8. The number of likely N-dealkylation sites (N-methyl/N-ethyl adjacent to an activating group) is 1. The average molecular weight is 556 g/mol. The van der Waals surface area contributed by atoms with Gasteiger partial charge in [-0.15, -0.1) is 0 Å². The maximum Gasteiger partial charge on any atom is 0.260 e. The summed E-state index contributed by atoms with van der Waals surface area (Å²) in [6.45, 7) is 15.1. The van der Waals surface area contributed by atoms with Gasteiger partial charge in [-0.1, -0.05) is 13.0 Å². The number of hydrogen-bond acceptors (Lipinski definition) is 6. The standard InChI is InChI=1S/C31H45N3O6/c1-8-25(16-17-38-26-13-11-12-23(18-26)30(32)36)40-27-15-14-24(31(37)34(21(4)5)22(6)7)19-28(27)39-20-29(35)33(9-2)10-3/h11-15,18-19,21-22,25H,8-10,16-17,20H2,1-7H3,(H2,32,36). The van der Waals surface area contributed by atoms with Gasteiger partial charge in [0.25, 0.3) is 11.8 Å². The van der Waals surface area contributed by atoms with E-state index in [4.69, 9.17) is 19.9 Å². The average Bonchev–Trinajstić information content (AvgIpc) is 2.92. The van der Waals surface area contributed by atoms with Crippen LogP contribution in [0.3, 0.4) is 0 Å². The Hall–Kier alpha value is -3.75. The van der Waals surface area contributed by atoms with E-state index in [1.807, 2.05) is 48.5 Å². The van der Waals surface area contributed by atoms with Crippen LogP contribution in [0.1, 0.15) is 82.0 Å². The third-order valence-electron chi connectivity index (χ3n) is 6.58. The molecular formula is C31H45N3O6. The van der Waals surface area contributed by atoms with Gasteiger partial charge in [0, 0.05) is 42.7 Å². The molecule has 3 amide bonds. The molecule has 0 spiro atoms. The Balaban J connectivity index is 2.24. The molecule has 0 aliphatic carbocycles. The molecule has 40 heavy (non-hydrogen) atoms. The predicted octanol–water partition coefficient (Wildman–Crippen LogP) is 4.92. The molecule has 2 rings (SSSR count). The zero-order valence-corrected chi connectivity index (χ0v) is 24.9. The Morgan fingerprint density at radius 2 is 1.52 bits per heavy atom. The van der Waals surface area contributed by atoms with Crippen LogP contribution in [0.15, 0.2) is 42.5 Å². The third kappa shape index (κ3) is 9.17. The number of amides is 3. The van der Waals surface area contributed by atoms with Crippen molar-refractivity contribution in [1.82, 2.24) is 9.80 Å². The van der Waals surface area contributed by atoms with Gasteiger partial charge in [-0.3, -0.25) is 14.4 Å². The van der Waals surface area contributed by atoms with Crippen LogP contribution < -0.4 is 19.9 Å². The van der Waals surface area contributed by atoms with Crippen LogP contribution in [0, 0.1) is 0 Å². The molecule has 0 heterocycles. The molecule has 220 valence electrons. The molecule has 0 aliphatic rings. The highest BCUT2D eigenvalue weighted by Gasteiger charge is 2.24. The molecule has 9 heteroatoms. The van der Waals surface area contributed by atoms with Crippen molar-refractivity contribution in [2.75, 3.05) is 26.3 Å². The minimum Gasteiger partial charge on any atom is -0.493 e. The van der Waals surface area contributed by atoms with Crippen molar-refractivity contribution in [3.63, 3.8) is 0 Å². The number of carbonyl (C=O) groups excluding carboxylic acids is 3. The van der Waals surface area contributed by atoms with Crippen molar-refractivity contribution >= 4 is 17.7 Å². The van der Waals surface area contributed by atoms with E-state index in [-0.39, 0.29) is 36.6 Å². The minimum atomic E-state index is -0.515. The molecule has 0 fully saturated rings. The first-order valence-corrected chi connectivity index (χ1v) is 14.1. The van der Waals surface area contributed by atoms with E-state index in [1.165, 1.54) is 0 Å². The molecule has 1 unspecified atom stereocenters. The normalized spacial score (nSPS) is 11.7. The molecular weight excluding hydrogens is 510 g/mol. The Morgan fingerprint density at radius 3 is 2.10 bits per heavy atom. The summed E-state index contributed by atoms with van der Waals surface area (Å²) >= 11 is 0. The lowest BCUT2D eigenvalue weighted by atomic mass is 10.1. The lowest BCUT2D eigenvalue weighted by Gasteiger charge is -2.31. The van der Waals surface area contributed by atoms with Gasteiger partial charge in [-0.05, 0) is 84.4 Å². The predicted molar refractivity (Wildman–Crippen MR) is 156 cm³/mol. The molecule has 9 nitrogen and oxygen atoms in total. The van der Waals surface area contributed by atoms with Crippen molar-refractivity contribution in [2.24, 2.45) is 5.73 Å². The van der Waals surface area contributed by atoms with E-state index >= 15 is 0 Å². The number of carbonyl (C=O) groups is 3. The molecule has 0 radical (unpaired) electrons. The van der Waals surface area contributed by atoms with Gasteiger partial charge >= 0.3 is 0 Å². The van der Waals surface area contributed by atoms with Crippen molar-refractivity contribution in [1.29, 1.82) is 0 Å². The number of nitrogens with two attached hydrogens (primary N) is 1. The van der Waals surface area contributed by atoms with Crippen LogP contribution in [0.2, 0.25) is 0 Å². The second-order valence-electron chi connectivity index (χ2n) is 10.1. The van der Waals surface area contributed by atoms with E-state index in [9.17, 15) is 14.4 Å². The smallest absolute Gasteiger partial charge is 0.260 e. The summed E-state index contributed by atoms with van der Waals surface area (Å²) in [6, 6.07) is 11.9. The van der Waals surface area contributed by atoms with Crippen LogP contribution in [-0.2, 0) is 4.79 Å². The van der Waals surface area contributed by atoms with Crippen LogP contribution in [0.25, 0.3) is 0 Å². The Bertz CT molecular complexity index is 1120. The fourth-order valence-electron chi connectivity index (χ4n) is 4.45. The fraction of sp³-hybridized carbons (Fsp3) is 0.516.